The van der Waals surface area contributed by atoms with Gasteiger partial charge in [0.05, 0.1) is 12.7 Å². The number of amides is 1. The third-order valence-electron chi connectivity index (χ3n) is 4.19. The van der Waals surface area contributed by atoms with E-state index in [1.807, 2.05) is 36.9 Å². The van der Waals surface area contributed by atoms with Gasteiger partial charge in [0.25, 0.3) is 5.91 Å². The predicted molar refractivity (Wildman–Crippen MR) is 84.9 cm³/mol. The van der Waals surface area contributed by atoms with Crippen LogP contribution in [-0.2, 0) is 0 Å². The van der Waals surface area contributed by atoms with Gasteiger partial charge in [0, 0.05) is 13.1 Å². The molecule has 4 nitrogen and oxygen atoms in total. The number of ether oxygens (including phenoxy) is 1. The molecule has 1 aliphatic rings. The average Bonchev–Trinajstić information content (AvgIpc) is 2.53. The van der Waals surface area contributed by atoms with E-state index in [2.05, 4.69) is 5.32 Å². The number of carbonyl (C=O) groups excluding carboxylic acids is 1. The van der Waals surface area contributed by atoms with Crippen LogP contribution in [0.1, 0.15) is 35.7 Å². The van der Waals surface area contributed by atoms with E-state index in [0.717, 1.165) is 44.6 Å². The van der Waals surface area contributed by atoms with Crippen LogP contribution in [0.3, 0.4) is 0 Å². The quantitative estimate of drug-likeness (QED) is 0.906. The summed E-state index contributed by atoms with van der Waals surface area (Å²) in [5.41, 5.74) is 1.75. The third-order valence-corrected chi connectivity index (χ3v) is 4.19. The van der Waals surface area contributed by atoms with E-state index in [4.69, 9.17) is 4.74 Å². The summed E-state index contributed by atoms with van der Waals surface area (Å²) >= 11 is 0. The fraction of sp³-hybridized carbons (Fsp3) is 0.588. The first-order chi connectivity index (χ1) is 10.2. The SMILES string of the molecule is CCN(CC1CCNCC1)C(=O)c1cc(C)ccc1OC. The van der Waals surface area contributed by atoms with E-state index in [-0.39, 0.29) is 5.91 Å². The zero-order valence-electron chi connectivity index (χ0n) is 13.3. The van der Waals surface area contributed by atoms with Gasteiger partial charge in [0.1, 0.15) is 5.75 Å². The fourth-order valence-electron chi connectivity index (χ4n) is 2.89. The molecule has 1 saturated heterocycles. The molecule has 116 valence electrons. The van der Waals surface area contributed by atoms with Crippen LogP contribution in [0.25, 0.3) is 0 Å². The van der Waals surface area contributed by atoms with Crippen molar-refractivity contribution < 1.29 is 9.53 Å². The van der Waals surface area contributed by atoms with Crippen molar-refractivity contribution in [1.29, 1.82) is 0 Å². The molecule has 1 heterocycles. The molecular weight excluding hydrogens is 264 g/mol. The van der Waals surface area contributed by atoms with Gasteiger partial charge in [-0.3, -0.25) is 4.79 Å². The van der Waals surface area contributed by atoms with Crippen molar-refractivity contribution in [3.63, 3.8) is 0 Å². The normalized spacial score (nSPS) is 15.8. The lowest BCUT2D eigenvalue weighted by molar-refractivity contribution is 0.0723. The van der Waals surface area contributed by atoms with Crippen molar-refractivity contribution in [3.8, 4) is 5.75 Å². The monoisotopic (exact) mass is 290 g/mol. The molecule has 1 aromatic rings. The Morgan fingerprint density at radius 2 is 2.10 bits per heavy atom. The zero-order chi connectivity index (χ0) is 15.2. The van der Waals surface area contributed by atoms with Crippen molar-refractivity contribution in [1.82, 2.24) is 10.2 Å². The van der Waals surface area contributed by atoms with Crippen LogP contribution in [0, 0.1) is 12.8 Å². The largest absolute Gasteiger partial charge is 0.496 e. The molecule has 1 fully saturated rings. The maximum Gasteiger partial charge on any atom is 0.257 e. The summed E-state index contributed by atoms with van der Waals surface area (Å²) in [5.74, 6) is 1.34. The van der Waals surface area contributed by atoms with E-state index in [0.29, 0.717) is 17.2 Å². The van der Waals surface area contributed by atoms with Crippen LogP contribution < -0.4 is 10.1 Å². The molecule has 0 radical (unpaired) electrons. The van der Waals surface area contributed by atoms with Crippen molar-refractivity contribution in [2.45, 2.75) is 26.7 Å². The number of benzene rings is 1. The van der Waals surface area contributed by atoms with Crippen molar-refractivity contribution >= 4 is 5.91 Å². The molecule has 0 spiro atoms. The highest BCUT2D eigenvalue weighted by atomic mass is 16.5. The van der Waals surface area contributed by atoms with E-state index >= 15 is 0 Å². The first kappa shape index (κ1) is 15.8. The van der Waals surface area contributed by atoms with E-state index < -0.39 is 0 Å². The second-order valence-electron chi connectivity index (χ2n) is 5.74. The van der Waals surface area contributed by atoms with Crippen LogP contribution in [0.5, 0.6) is 5.75 Å². The highest BCUT2D eigenvalue weighted by Crippen LogP contribution is 2.23. The molecule has 1 aromatic carbocycles. The molecule has 2 rings (SSSR count). The van der Waals surface area contributed by atoms with E-state index in [1.54, 1.807) is 7.11 Å². The minimum atomic E-state index is 0.0802. The van der Waals surface area contributed by atoms with Crippen LogP contribution in [0.2, 0.25) is 0 Å². The molecule has 0 aromatic heterocycles. The summed E-state index contributed by atoms with van der Waals surface area (Å²) in [6.07, 6.45) is 2.30. The van der Waals surface area contributed by atoms with Gasteiger partial charge in [-0.1, -0.05) is 11.6 Å². The highest BCUT2D eigenvalue weighted by Gasteiger charge is 2.22. The summed E-state index contributed by atoms with van der Waals surface area (Å²) in [4.78, 5) is 14.8. The number of hydrogen-bond donors (Lipinski definition) is 1. The van der Waals surface area contributed by atoms with Crippen LogP contribution in [0.4, 0.5) is 0 Å². The predicted octanol–water partition coefficient (Wildman–Crippen LogP) is 2.47. The van der Waals surface area contributed by atoms with Gasteiger partial charge in [-0.2, -0.15) is 0 Å². The lowest BCUT2D eigenvalue weighted by atomic mass is 9.97. The Hall–Kier alpha value is -1.55. The van der Waals surface area contributed by atoms with Crippen LogP contribution >= 0.6 is 0 Å². The summed E-state index contributed by atoms with van der Waals surface area (Å²) in [7, 11) is 1.62. The molecule has 0 aliphatic carbocycles. The number of carbonyl (C=O) groups is 1. The van der Waals surface area contributed by atoms with Gasteiger partial charge in [-0.05, 0) is 57.8 Å². The number of piperidine rings is 1. The Morgan fingerprint density at radius 1 is 1.38 bits per heavy atom. The Labute approximate surface area is 127 Å². The summed E-state index contributed by atoms with van der Waals surface area (Å²) < 4.78 is 5.35. The molecule has 1 amide bonds. The molecule has 4 heteroatoms. The van der Waals surface area contributed by atoms with Gasteiger partial charge in [0.15, 0.2) is 0 Å². The lowest BCUT2D eigenvalue weighted by Gasteiger charge is -2.29. The van der Waals surface area contributed by atoms with Gasteiger partial charge < -0.3 is 15.0 Å². The smallest absolute Gasteiger partial charge is 0.257 e. The van der Waals surface area contributed by atoms with Crippen LogP contribution in [0.15, 0.2) is 18.2 Å². The van der Waals surface area contributed by atoms with Crippen LogP contribution in [-0.4, -0.2) is 44.1 Å². The minimum Gasteiger partial charge on any atom is -0.496 e. The average molecular weight is 290 g/mol. The molecule has 0 bridgehead atoms. The van der Waals surface area contributed by atoms with E-state index in [1.165, 1.54) is 0 Å². The van der Waals surface area contributed by atoms with Gasteiger partial charge in [-0.25, -0.2) is 0 Å². The molecule has 0 unspecified atom stereocenters. The molecular formula is C17H26N2O2. The zero-order valence-corrected chi connectivity index (χ0v) is 13.3. The maximum absolute atomic E-state index is 12.8. The molecule has 0 saturated carbocycles. The van der Waals surface area contributed by atoms with E-state index in [9.17, 15) is 4.79 Å². The molecule has 21 heavy (non-hydrogen) atoms. The lowest BCUT2D eigenvalue weighted by Crippen LogP contribution is -2.39. The van der Waals surface area contributed by atoms with Crippen molar-refractivity contribution in [2.75, 3.05) is 33.3 Å². The number of rotatable bonds is 5. The summed E-state index contributed by atoms with van der Waals surface area (Å²) in [5, 5.41) is 3.37. The topological polar surface area (TPSA) is 41.6 Å². The van der Waals surface area contributed by atoms with Crippen molar-refractivity contribution in [3.05, 3.63) is 29.3 Å². The second-order valence-corrected chi connectivity index (χ2v) is 5.74. The number of methoxy groups -OCH3 is 1. The van der Waals surface area contributed by atoms with Gasteiger partial charge in [-0.15, -0.1) is 0 Å². The Morgan fingerprint density at radius 3 is 2.71 bits per heavy atom. The molecule has 0 atom stereocenters. The number of nitrogens with one attached hydrogen (secondary N) is 1. The molecule has 1 aliphatic heterocycles. The summed E-state index contributed by atoms with van der Waals surface area (Å²) in [6.45, 7) is 7.74. The number of nitrogens with zero attached hydrogens (tertiary/aromatic N) is 1. The Bertz CT molecular complexity index is 482. The fourth-order valence-corrected chi connectivity index (χ4v) is 2.89. The second kappa shape index (κ2) is 7.46. The van der Waals surface area contributed by atoms with Gasteiger partial charge in [0.2, 0.25) is 0 Å². The first-order valence-corrected chi connectivity index (χ1v) is 7.80. The minimum absolute atomic E-state index is 0.0802. The Balaban J connectivity index is 2.13. The Kier molecular flexibility index (Phi) is 5.62. The standard InChI is InChI=1S/C17H26N2O2/c1-4-19(12-14-7-9-18-10-8-14)17(20)15-11-13(2)5-6-16(15)21-3/h5-6,11,14,18H,4,7-10,12H2,1-3H3. The number of aryl methyl sites for hydroxylation is 1. The molecule has 1 N–H and O–H groups in total. The maximum atomic E-state index is 12.8. The highest BCUT2D eigenvalue weighted by molar-refractivity contribution is 5.97. The number of hydrogen-bond acceptors (Lipinski definition) is 3. The summed E-state index contributed by atoms with van der Waals surface area (Å²) in [6, 6.07) is 5.77. The van der Waals surface area contributed by atoms with Gasteiger partial charge >= 0.3 is 0 Å². The van der Waals surface area contributed by atoms with Crippen molar-refractivity contribution in [2.24, 2.45) is 5.92 Å². The first-order valence-electron chi connectivity index (χ1n) is 7.80. The third kappa shape index (κ3) is 3.97.